The van der Waals surface area contributed by atoms with E-state index < -0.39 is 17.9 Å². The second-order valence-electron chi connectivity index (χ2n) is 7.41. The molecule has 1 fully saturated rings. The van der Waals surface area contributed by atoms with E-state index in [1.54, 1.807) is 43.3 Å². The van der Waals surface area contributed by atoms with Crippen LogP contribution in [0.3, 0.4) is 0 Å². The van der Waals surface area contributed by atoms with Gasteiger partial charge in [-0.3, -0.25) is 24.2 Å². The lowest BCUT2D eigenvalue weighted by Gasteiger charge is -2.36. The van der Waals surface area contributed by atoms with Gasteiger partial charge in [-0.15, -0.1) is 0 Å². The van der Waals surface area contributed by atoms with Crippen molar-refractivity contribution in [1.82, 2.24) is 9.80 Å². The van der Waals surface area contributed by atoms with Gasteiger partial charge < -0.3 is 4.90 Å². The van der Waals surface area contributed by atoms with Crippen molar-refractivity contribution in [3.05, 3.63) is 65.5 Å². The number of Topliss-reactive ketones (excluding diaryl/α,β-unsaturated/α-hetero) is 1. The van der Waals surface area contributed by atoms with Crippen molar-refractivity contribution in [3.8, 4) is 0 Å². The van der Waals surface area contributed by atoms with Gasteiger partial charge in [0.1, 0.15) is 5.82 Å². The van der Waals surface area contributed by atoms with Gasteiger partial charge in [0.25, 0.3) is 11.8 Å². The summed E-state index contributed by atoms with van der Waals surface area (Å²) in [5.74, 6) is -1.24. The van der Waals surface area contributed by atoms with E-state index >= 15 is 0 Å². The third-order valence-electron chi connectivity index (χ3n) is 5.62. The predicted molar refractivity (Wildman–Crippen MR) is 106 cm³/mol. The number of carbonyl (C=O) groups excluding carboxylic acids is 3. The first-order valence-corrected chi connectivity index (χ1v) is 9.68. The third-order valence-corrected chi connectivity index (χ3v) is 5.62. The Kier molecular flexibility index (Phi) is 5.15. The Morgan fingerprint density at radius 2 is 1.48 bits per heavy atom. The van der Waals surface area contributed by atoms with E-state index in [0.29, 0.717) is 24.2 Å². The largest absolute Gasteiger partial charge is 0.369 e. The molecule has 2 aromatic carbocycles. The Labute approximate surface area is 168 Å². The quantitative estimate of drug-likeness (QED) is 0.727. The Hall–Kier alpha value is -3.06. The average Bonchev–Trinajstić information content (AvgIpc) is 2.99. The van der Waals surface area contributed by atoms with Crippen LogP contribution in [0.5, 0.6) is 0 Å². The zero-order valence-corrected chi connectivity index (χ0v) is 16.2. The molecule has 7 heteroatoms. The van der Waals surface area contributed by atoms with E-state index in [4.69, 9.17) is 0 Å². The van der Waals surface area contributed by atoms with E-state index in [2.05, 4.69) is 4.90 Å². The van der Waals surface area contributed by atoms with Crippen LogP contribution in [0.25, 0.3) is 0 Å². The summed E-state index contributed by atoms with van der Waals surface area (Å²) in [6.45, 7) is 4.60. The molecule has 0 aliphatic carbocycles. The molecule has 0 N–H and O–H groups in total. The topological polar surface area (TPSA) is 60.9 Å². The number of hydrogen-bond acceptors (Lipinski definition) is 5. The molecular weight excluding hydrogens is 373 g/mol. The summed E-state index contributed by atoms with van der Waals surface area (Å²) in [4.78, 5) is 43.2. The standard InChI is InChI=1S/C22H22FN3O3/c1-15(26-21(28)18-4-2-3-5-19(18)22(26)29)20(27)14-24-10-12-25(13-11-24)17-8-6-16(23)7-9-17/h2-9,15H,10-14H2,1H3. The number of piperazine rings is 1. The minimum absolute atomic E-state index is 0.158. The third kappa shape index (κ3) is 3.65. The molecule has 0 radical (unpaired) electrons. The average molecular weight is 395 g/mol. The van der Waals surface area contributed by atoms with Crippen molar-refractivity contribution < 1.29 is 18.8 Å². The number of ketones is 1. The van der Waals surface area contributed by atoms with Crippen molar-refractivity contribution in [2.75, 3.05) is 37.6 Å². The van der Waals surface area contributed by atoms with Gasteiger partial charge in [0.05, 0.1) is 23.7 Å². The maximum Gasteiger partial charge on any atom is 0.262 e. The van der Waals surface area contributed by atoms with Crippen molar-refractivity contribution in [1.29, 1.82) is 0 Å². The number of halogens is 1. The van der Waals surface area contributed by atoms with Crippen LogP contribution < -0.4 is 4.90 Å². The highest BCUT2D eigenvalue weighted by Gasteiger charge is 2.40. The van der Waals surface area contributed by atoms with Crippen LogP contribution >= 0.6 is 0 Å². The number of rotatable bonds is 5. The molecule has 6 nitrogen and oxygen atoms in total. The highest BCUT2D eigenvalue weighted by atomic mass is 19.1. The predicted octanol–water partition coefficient (Wildman–Crippen LogP) is 2.20. The summed E-state index contributed by atoms with van der Waals surface area (Å²) in [6.07, 6.45) is 0. The second-order valence-corrected chi connectivity index (χ2v) is 7.41. The van der Waals surface area contributed by atoms with Gasteiger partial charge in [-0.2, -0.15) is 0 Å². The molecule has 0 saturated carbocycles. The number of amides is 2. The fourth-order valence-electron chi connectivity index (χ4n) is 3.87. The van der Waals surface area contributed by atoms with Crippen molar-refractivity contribution in [2.24, 2.45) is 0 Å². The normalized spacial score (nSPS) is 18.1. The number of benzene rings is 2. The summed E-state index contributed by atoms with van der Waals surface area (Å²) >= 11 is 0. The van der Waals surface area contributed by atoms with Crippen LogP contribution in [0.15, 0.2) is 48.5 Å². The number of nitrogens with zero attached hydrogens (tertiary/aromatic N) is 3. The van der Waals surface area contributed by atoms with Crippen LogP contribution in [0.1, 0.15) is 27.6 Å². The van der Waals surface area contributed by atoms with Gasteiger partial charge in [-0.25, -0.2) is 4.39 Å². The fraction of sp³-hybridized carbons (Fsp3) is 0.318. The zero-order valence-electron chi connectivity index (χ0n) is 16.2. The molecule has 0 spiro atoms. The molecule has 0 aromatic heterocycles. The Morgan fingerprint density at radius 3 is 2.03 bits per heavy atom. The Balaban J connectivity index is 1.35. The van der Waals surface area contributed by atoms with Crippen LogP contribution in [-0.4, -0.2) is 66.2 Å². The molecule has 29 heavy (non-hydrogen) atoms. The number of imide groups is 1. The highest BCUT2D eigenvalue weighted by molar-refractivity contribution is 6.22. The lowest BCUT2D eigenvalue weighted by Crippen LogP contribution is -2.51. The van der Waals surface area contributed by atoms with Crippen molar-refractivity contribution in [2.45, 2.75) is 13.0 Å². The molecule has 2 amide bonds. The molecule has 1 atom stereocenters. The molecule has 2 heterocycles. The zero-order chi connectivity index (χ0) is 20.5. The monoisotopic (exact) mass is 395 g/mol. The number of carbonyl (C=O) groups is 3. The molecular formula is C22H22FN3O3. The van der Waals surface area contributed by atoms with Crippen LogP contribution in [-0.2, 0) is 4.79 Å². The first kappa shape index (κ1) is 19.3. The fourth-order valence-corrected chi connectivity index (χ4v) is 3.87. The molecule has 150 valence electrons. The van der Waals surface area contributed by atoms with Crippen LogP contribution in [0.2, 0.25) is 0 Å². The summed E-state index contributed by atoms with van der Waals surface area (Å²) in [5, 5.41) is 0. The minimum atomic E-state index is -0.808. The number of fused-ring (bicyclic) bond motifs is 1. The Bertz CT molecular complexity index is 917. The van der Waals surface area contributed by atoms with Gasteiger partial charge in [0.2, 0.25) is 0 Å². The molecule has 1 unspecified atom stereocenters. The van der Waals surface area contributed by atoms with E-state index in [1.807, 2.05) is 4.90 Å². The maximum absolute atomic E-state index is 13.1. The van der Waals surface area contributed by atoms with Gasteiger partial charge in [0, 0.05) is 31.9 Å². The lowest BCUT2D eigenvalue weighted by molar-refractivity contribution is -0.123. The van der Waals surface area contributed by atoms with E-state index in [-0.39, 0.29) is 18.1 Å². The van der Waals surface area contributed by atoms with Gasteiger partial charge >= 0.3 is 0 Å². The van der Waals surface area contributed by atoms with E-state index in [0.717, 1.165) is 23.7 Å². The smallest absolute Gasteiger partial charge is 0.262 e. The molecule has 1 saturated heterocycles. The van der Waals surface area contributed by atoms with Gasteiger partial charge in [-0.1, -0.05) is 12.1 Å². The van der Waals surface area contributed by atoms with E-state index in [1.165, 1.54) is 12.1 Å². The lowest BCUT2D eigenvalue weighted by atomic mass is 10.1. The second kappa shape index (κ2) is 7.75. The van der Waals surface area contributed by atoms with Gasteiger partial charge in [-0.05, 0) is 43.3 Å². The molecule has 2 aromatic rings. The summed E-state index contributed by atoms with van der Waals surface area (Å²) in [6, 6.07) is 12.2. The van der Waals surface area contributed by atoms with E-state index in [9.17, 15) is 18.8 Å². The molecule has 4 rings (SSSR count). The summed E-state index contributed by atoms with van der Waals surface area (Å²) in [7, 11) is 0. The first-order chi connectivity index (χ1) is 14.0. The first-order valence-electron chi connectivity index (χ1n) is 9.68. The highest BCUT2D eigenvalue weighted by Crippen LogP contribution is 2.25. The number of hydrogen-bond donors (Lipinski definition) is 0. The molecule has 0 bridgehead atoms. The van der Waals surface area contributed by atoms with Gasteiger partial charge in [0.15, 0.2) is 5.78 Å². The SMILES string of the molecule is CC(C(=O)CN1CCN(c2ccc(F)cc2)CC1)N1C(=O)c2ccccc2C1=O. The number of anilines is 1. The van der Waals surface area contributed by atoms with Crippen LogP contribution in [0.4, 0.5) is 10.1 Å². The maximum atomic E-state index is 13.1. The van der Waals surface area contributed by atoms with Crippen molar-refractivity contribution >= 4 is 23.3 Å². The van der Waals surface area contributed by atoms with Crippen molar-refractivity contribution in [3.63, 3.8) is 0 Å². The van der Waals surface area contributed by atoms with Crippen LogP contribution in [0, 0.1) is 5.82 Å². The summed E-state index contributed by atoms with van der Waals surface area (Å²) < 4.78 is 13.1. The molecule has 2 aliphatic heterocycles. The Morgan fingerprint density at radius 1 is 0.931 bits per heavy atom. The molecule has 2 aliphatic rings. The summed E-state index contributed by atoms with van der Waals surface area (Å²) in [5.41, 5.74) is 1.66. The minimum Gasteiger partial charge on any atom is -0.369 e.